The van der Waals surface area contributed by atoms with Gasteiger partial charge in [0.1, 0.15) is 6.04 Å². The number of rotatable bonds is 6. The zero-order valence-corrected chi connectivity index (χ0v) is 26.3. The molecule has 0 unspecified atom stereocenters. The van der Waals surface area contributed by atoms with Crippen LogP contribution in [0.5, 0.6) is 0 Å². The number of halogens is 1. The summed E-state index contributed by atoms with van der Waals surface area (Å²) < 4.78 is 0. The van der Waals surface area contributed by atoms with Crippen LogP contribution in [-0.2, 0) is 17.6 Å². The van der Waals surface area contributed by atoms with E-state index in [-0.39, 0.29) is 30.4 Å². The molecule has 4 N–H and O–H groups in total. The molecule has 234 valence electrons. The number of anilines is 2. The lowest BCUT2D eigenvalue weighted by Gasteiger charge is -2.39. The monoisotopic (exact) mass is 619 g/mol. The lowest BCUT2D eigenvalue weighted by atomic mass is 9.99. The van der Waals surface area contributed by atoms with Gasteiger partial charge in [-0.15, -0.1) is 6.42 Å². The number of amides is 5. The SMILES string of the molecule is C#Cc1cc(C[C@@H](NC(=O)N2CCC(N3CCc4ccccc4NC3=O)CC2)C(=O)N2CCC(N(C)C)CC2)cc(Cl)c1N. The summed E-state index contributed by atoms with van der Waals surface area (Å²) in [5.74, 6) is 2.43. The van der Waals surface area contributed by atoms with Gasteiger partial charge in [0.25, 0.3) is 0 Å². The fourth-order valence-electron chi connectivity index (χ4n) is 6.53. The molecule has 11 heteroatoms. The quantitative estimate of drug-likeness (QED) is 0.338. The Hall–Kier alpha value is -3.94. The molecule has 1 atom stereocenters. The standard InChI is InChI=1S/C33H42ClN7O3/c1-4-23-19-22(20-27(34)30(23)35)21-29(31(42)39-14-10-25(11-15-39)38(2)3)37-32(43)40-16-12-26(13-17-40)41-18-9-24-7-5-6-8-28(24)36-33(41)44/h1,5-8,19-20,25-26,29H,9-18,21,35H2,2-3H3,(H,36,44)(H,37,43)/t29-/m1/s1. The highest BCUT2D eigenvalue weighted by atomic mass is 35.5. The van der Waals surface area contributed by atoms with Gasteiger partial charge in [0.05, 0.1) is 10.7 Å². The molecule has 2 aromatic rings. The molecule has 2 saturated heterocycles. The normalized spacial score (nSPS) is 18.7. The van der Waals surface area contributed by atoms with E-state index in [0.29, 0.717) is 67.9 Å². The molecule has 3 aliphatic rings. The van der Waals surface area contributed by atoms with Gasteiger partial charge in [-0.05, 0) is 75.5 Å². The van der Waals surface area contributed by atoms with Crippen molar-refractivity contribution in [2.45, 2.75) is 56.7 Å². The Kier molecular flexibility index (Phi) is 9.87. The van der Waals surface area contributed by atoms with Crippen LogP contribution in [0.25, 0.3) is 0 Å². The third-order valence-electron chi connectivity index (χ3n) is 9.22. The Morgan fingerprint density at radius 1 is 1.09 bits per heavy atom. The number of fused-ring (bicyclic) bond motifs is 1. The van der Waals surface area contributed by atoms with Crippen molar-refractivity contribution < 1.29 is 14.4 Å². The van der Waals surface area contributed by atoms with Crippen LogP contribution in [-0.4, -0.2) is 103 Å². The number of para-hydroxylation sites is 1. The topological polar surface area (TPSA) is 114 Å². The molecule has 3 heterocycles. The van der Waals surface area contributed by atoms with Crippen LogP contribution in [0.4, 0.5) is 21.0 Å². The van der Waals surface area contributed by atoms with E-state index < -0.39 is 6.04 Å². The largest absolute Gasteiger partial charge is 0.397 e. The second-order valence-corrected chi connectivity index (χ2v) is 12.6. The van der Waals surface area contributed by atoms with E-state index in [1.54, 1.807) is 17.0 Å². The van der Waals surface area contributed by atoms with E-state index >= 15 is 0 Å². The average Bonchev–Trinajstić information content (AvgIpc) is 3.20. The number of urea groups is 2. The van der Waals surface area contributed by atoms with E-state index in [4.69, 9.17) is 23.8 Å². The number of nitrogens with two attached hydrogens (primary N) is 1. The number of carbonyl (C=O) groups excluding carboxylic acids is 3. The third kappa shape index (κ3) is 7.06. The zero-order chi connectivity index (χ0) is 31.4. The molecule has 0 radical (unpaired) electrons. The summed E-state index contributed by atoms with van der Waals surface area (Å²) in [7, 11) is 4.11. The Bertz CT molecular complexity index is 1420. The number of benzene rings is 2. The maximum absolute atomic E-state index is 13.9. The number of terminal acetylenes is 1. The van der Waals surface area contributed by atoms with Crippen LogP contribution in [0, 0.1) is 12.3 Å². The number of likely N-dealkylation sites (tertiary alicyclic amines) is 2. The summed E-state index contributed by atoms with van der Waals surface area (Å²) in [5.41, 5.74) is 9.52. The average molecular weight is 620 g/mol. The predicted octanol–water partition coefficient (Wildman–Crippen LogP) is 3.63. The molecular weight excluding hydrogens is 578 g/mol. The van der Waals surface area contributed by atoms with Crippen molar-refractivity contribution in [3.8, 4) is 12.3 Å². The van der Waals surface area contributed by atoms with Crippen molar-refractivity contribution in [1.82, 2.24) is 24.9 Å². The summed E-state index contributed by atoms with van der Waals surface area (Å²) in [4.78, 5) is 48.1. The Labute approximate surface area is 264 Å². The van der Waals surface area contributed by atoms with Crippen molar-refractivity contribution in [2.24, 2.45) is 0 Å². The maximum atomic E-state index is 13.9. The van der Waals surface area contributed by atoms with E-state index in [9.17, 15) is 14.4 Å². The first-order valence-corrected chi connectivity index (χ1v) is 15.7. The second kappa shape index (κ2) is 13.8. The van der Waals surface area contributed by atoms with Crippen LogP contribution in [0.3, 0.4) is 0 Å². The van der Waals surface area contributed by atoms with Crippen LogP contribution in [0.1, 0.15) is 42.4 Å². The smallest absolute Gasteiger partial charge is 0.322 e. The summed E-state index contributed by atoms with van der Waals surface area (Å²) in [6.45, 7) is 2.85. The maximum Gasteiger partial charge on any atom is 0.322 e. The fourth-order valence-corrected chi connectivity index (χ4v) is 6.77. The number of nitrogens with zero attached hydrogens (tertiary/aromatic N) is 4. The van der Waals surface area contributed by atoms with Gasteiger partial charge in [0, 0.05) is 62.5 Å². The Morgan fingerprint density at radius 2 is 1.77 bits per heavy atom. The molecule has 2 fully saturated rings. The highest BCUT2D eigenvalue weighted by Crippen LogP contribution is 2.27. The first kappa shape index (κ1) is 31.5. The van der Waals surface area contributed by atoms with Crippen molar-refractivity contribution >= 4 is 40.9 Å². The number of hydrogen-bond donors (Lipinski definition) is 3. The molecule has 0 aromatic heterocycles. The van der Waals surface area contributed by atoms with Gasteiger partial charge in [-0.3, -0.25) is 4.79 Å². The lowest BCUT2D eigenvalue weighted by Crippen LogP contribution is -2.57. The third-order valence-corrected chi connectivity index (χ3v) is 9.53. The molecule has 0 bridgehead atoms. The number of nitrogens with one attached hydrogen (secondary N) is 2. The predicted molar refractivity (Wildman–Crippen MR) is 174 cm³/mol. The lowest BCUT2D eigenvalue weighted by molar-refractivity contribution is -0.134. The molecular formula is C33H42ClN7O3. The molecule has 10 nitrogen and oxygen atoms in total. The van der Waals surface area contributed by atoms with E-state index in [2.05, 4.69) is 35.5 Å². The van der Waals surface area contributed by atoms with Crippen molar-refractivity contribution in [1.29, 1.82) is 0 Å². The van der Waals surface area contributed by atoms with Crippen LogP contribution >= 0.6 is 11.6 Å². The van der Waals surface area contributed by atoms with E-state index in [1.807, 2.05) is 34.1 Å². The summed E-state index contributed by atoms with van der Waals surface area (Å²) in [6.07, 6.45) is 9.72. The molecule has 44 heavy (non-hydrogen) atoms. The zero-order valence-electron chi connectivity index (χ0n) is 25.5. The van der Waals surface area contributed by atoms with Gasteiger partial charge in [-0.25, -0.2) is 9.59 Å². The molecule has 3 aliphatic heterocycles. The number of carbonyl (C=O) groups is 3. The van der Waals surface area contributed by atoms with Crippen molar-refractivity contribution in [3.63, 3.8) is 0 Å². The van der Waals surface area contributed by atoms with Gasteiger partial charge in [-0.1, -0.05) is 35.7 Å². The summed E-state index contributed by atoms with van der Waals surface area (Å²) in [6, 6.07) is 10.6. The van der Waals surface area contributed by atoms with Gasteiger partial charge in [0.2, 0.25) is 5.91 Å². The number of hydrogen-bond acceptors (Lipinski definition) is 5. The molecule has 5 amide bonds. The summed E-state index contributed by atoms with van der Waals surface area (Å²) >= 11 is 6.36. The van der Waals surface area contributed by atoms with Gasteiger partial charge >= 0.3 is 12.1 Å². The molecule has 0 spiro atoms. The Balaban J connectivity index is 1.24. The molecule has 0 aliphatic carbocycles. The Morgan fingerprint density at radius 3 is 2.45 bits per heavy atom. The van der Waals surface area contributed by atoms with E-state index in [0.717, 1.165) is 36.1 Å². The summed E-state index contributed by atoms with van der Waals surface area (Å²) in [5, 5.41) is 6.39. The highest BCUT2D eigenvalue weighted by Gasteiger charge is 2.34. The van der Waals surface area contributed by atoms with Gasteiger partial charge in [-0.2, -0.15) is 0 Å². The molecule has 2 aromatic carbocycles. The van der Waals surface area contributed by atoms with Crippen LogP contribution in [0.2, 0.25) is 5.02 Å². The first-order chi connectivity index (χ1) is 21.1. The van der Waals surface area contributed by atoms with Crippen LogP contribution in [0.15, 0.2) is 36.4 Å². The second-order valence-electron chi connectivity index (χ2n) is 12.2. The highest BCUT2D eigenvalue weighted by molar-refractivity contribution is 6.33. The molecule has 5 rings (SSSR count). The fraction of sp³-hybridized carbons (Fsp3) is 0.485. The minimum atomic E-state index is -0.795. The molecule has 0 saturated carbocycles. The first-order valence-electron chi connectivity index (χ1n) is 15.3. The minimum absolute atomic E-state index is 0.0305. The number of piperidine rings is 2. The van der Waals surface area contributed by atoms with Gasteiger partial charge < -0.3 is 36.0 Å². The minimum Gasteiger partial charge on any atom is -0.397 e. The van der Waals surface area contributed by atoms with Gasteiger partial charge in [0.15, 0.2) is 0 Å². The number of nitrogen functional groups attached to an aromatic ring is 1. The van der Waals surface area contributed by atoms with Crippen molar-refractivity contribution in [3.05, 3.63) is 58.1 Å². The van der Waals surface area contributed by atoms with Crippen molar-refractivity contribution in [2.75, 3.05) is 57.9 Å². The van der Waals surface area contributed by atoms with E-state index in [1.165, 1.54) is 0 Å². The van der Waals surface area contributed by atoms with Crippen LogP contribution < -0.4 is 16.4 Å².